The van der Waals surface area contributed by atoms with Crippen LogP contribution in [-0.2, 0) is 0 Å². The zero-order valence-electron chi connectivity index (χ0n) is 11.7. The van der Waals surface area contributed by atoms with E-state index in [9.17, 15) is 4.79 Å². The first-order chi connectivity index (χ1) is 9.54. The number of amides is 1. The minimum atomic E-state index is -0.0999. The molecule has 0 saturated heterocycles. The quantitative estimate of drug-likeness (QED) is 0.867. The predicted octanol–water partition coefficient (Wildman–Crippen LogP) is 0.832. The molecule has 20 heavy (non-hydrogen) atoms. The lowest BCUT2D eigenvalue weighted by Gasteiger charge is -2.52. The molecule has 2 heterocycles. The van der Waals surface area contributed by atoms with Gasteiger partial charge in [-0.15, -0.1) is 0 Å². The molecule has 0 bridgehead atoms. The molecule has 2 atom stereocenters. The van der Waals surface area contributed by atoms with E-state index < -0.39 is 0 Å². The largest absolute Gasteiger partial charge is 0.349 e. The summed E-state index contributed by atoms with van der Waals surface area (Å²) in [5, 5.41) is 7.13. The van der Waals surface area contributed by atoms with Gasteiger partial charge in [-0.1, -0.05) is 13.8 Å². The third kappa shape index (κ3) is 1.87. The second-order valence-electron chi connectivity index (χ2n) is 5.97. The lowest BCUT2D eigenvalue weighted by atomic mass is 9.58. The van der Waals surface area contributed by atoms with E-state index in [1.807, 2.05) is 0 Å². The molecular formula is C14H19N5O. The Morgan fingerprint density at radius 2 is 2.40 bits per heavy atom. The van der Waals surface area contributed by atoms with Crippen molar-refractivity contribution in [3.63, 3.8) is 0 Å². The monoisotopic (exact) mass is 273 g/mol. The van der Waals surface area contributed by atoms with Gasteiger partial charge in [-0.2, -0.15) is 5.10 Å². The maximum absolute atomic E-state index is 12.4. The molecule has 0 spiro atoms. The standard InChI is InChI=1S/C14H19N5O/c1-14(2)9(7-15)6-11(14)18-13(20)10-4-3-5-19-12(10)16-8-17-19/h3-5,8-9,11H,6-7,15H2,1-2H3,(H,18,20). The number of nitrogens with one attached hydrogen (secondary N) is 1. The highest BCUT2D eigenvalue weighted by Gasteiger charge is 2.47. The minimum Gasteiger partial charge on any atom is -0.349 e. The molecule has 1 aliphatic carbocycles. The van der Waals surface area contributed by atoms with Crippen LogP contribution in [-0.4, -0.2) is 33.1 Å². The molecule has 3 N–H and O–H groups in total. The Labute approximate surface area is 117 Å². The minimum absolute atomic E-state index is 0.0448. The number of rotatable bonds is 3. The van der Waals surface area contributed by atoms with Gasteiger partial charge in [0.2, 0.25) is 0 Å². The van der Waals surface area contributed by atoms with Gasteiger partial charge in [0, 0.05) is 12.2 Å². The average Bonchev–Trinajstić information content (AvgIpc) is 2.90. The van der Waals surface area contributed by atoms with Crippen molar-refractivity contribution in [1.82, 2.24) is 19.9 Å². The molecule has 0 radical (unpaired) electrons. The first kappa shape index (κ1) is 13.1. The van der Waals surface area contributed by atoms with Crippen molar-refractivity contribution in [1.29, 1.82) is 0 Å². The van der Waals surface area contributed by atoms with E-state index in [2.05, 4.69) is 29.2 Å². The fourth-order valence-corrected chi connectivity index (χ4v) is 2.92. The Balaban J connectivity index is 1.79. The fourth-order valence-electron chi connectivity index (χ4n) is 2.92. The molecule has 1 amide bonds. The van der Waals surface area contributed by atoms with E-state index in [4.69, 9.17) is 5.73 Å². The lowest BCUT2D eigenvalue weighted by Crippen LogP contribution is -2.60. The molecule has 2 aromatic heterocycles. The number of aromatic nitrogens is 3. The molecule has 106 valence electrons. The van der Waals surface area contributed by atoms with Crippen molar-refractivity contribution in [3.8, 4) is 0 Å². The molecule has 0 aromatic carbocycles. The number of carbonyl (C=O) groups excluding carboxylic acids is 1. The molecule has 1 saturated carbocycles. The lowest BCUT2D eigenvalue weighted by molar-refractivity contribution is 0.0200. The highest BCUT2D eigenvalue weighted by Crippen LogP contribution is 2.45. The molecule has 2 aromatic rings. The van der Waals surface area contributed by atoms with Crippen molar-refractivity contribution < 1.29 is 4.79 Å². The molecular weight excluding hydrogens is 254 g/mol. The SMILES string of the molecule is CC1(C)C(CN)CC1NC(=O)c1cccn2ncnc12. The number of nitrogens with two attached hydrogens (primary N) is 1. The van der Waals surface area contributed by atoms with Crippen LogP contribution in [0, 0.1) is 11.3 Å². The summed E-state index contributed by atoms with van der Waals surface area (Å²) in [6, 6.07) is 3.73. The molecule has 1 fully saturated rings. The highest BCUT2D eigenvalue weighted by atomic mass is 16.1. The summed E-state index contributed by atoms with van der Waals surface area (Å²) in [4.78, 5) is 16.5. The summed E-state index contributed by atoms with van der Waals surface area (Å²) in [6.07, 6.45) is 4.16. The molecule has 6 nitrogen and oxygen atoms in total. The summed E-state index contributed by atoms with van der Waals surface area (Å²) in [7, 11) is 0. The van der Waals surface area contributed by atoms with E-state index >= 15 is 0 Å². The van der Waals surface area contributed by atoms with Gasteiger partial charge in [-0.3, -0.25) is 4.79 Å². The fraction of sp³-hybridized carbons (Fsp3) is 0.500. The van der Waals surface area contributed by atoms with Gasteiger partial charge in [0.1, 0.15) is 6.33 Å². The second-order valence-corrected chi connectivity index (χ2v) is 5.97. The van der Waals surface area contributed by atoms with Gasteiger partial charge in [-0.25, -0.2) is 9.50 Å². The average molecular weight is 273 g/mol. The third-order valence-electron chi connectivity index (χ3n) is 4.61. The van der Waals surface area contributed by atoms with Crippen molar-refractivity contribution >= 4 is 11.6 Å². The number of fused-ring (bicyclic) bond motifs is 1. The summed E-state index contributed by atoms with van der Waals surface area (Å²) < 4.78 is 1.60. The summed E-state index contributed by atoms with van der Waals surface area (Å²) in [5.41, 5.74) is 6.92. The Bertz CT molecular complexity index is 648. The molecule has 2 unspecified atom stereocenters. The highest BCUT2D eigenvalue weighted by molar-refractivity contribution is 5.99. The van der Waals surface area contributed by atoms with Gasteiger partial charge in [0.15, 0.2) is 5.65 Å². The van der Waals surface area contributed by atoms with Gasteiger partial charge in [0.05, 0.1) is 5.56 Å². The van der Waals surface area contributed by atoms with Gasteiger partial charge in [0.25, 0.3) is 5.91 Å². The van der Waals surface area contributed by atoms with E-state index in [0.29, 0.717) is 23.7 Å². The predicted molar refractivity (Wildman–Crippen MR) is 75.2 cm³/mol. The van der Waals surface area contributed by atoms with E-state index in [0.717, 1.165) is 6.42 Å². The number of nitrogens with zero attached hydrogens (tertiary/aromatic N) is 3. The van der Waals surface area contributed by atoms with Crippen LogP contribution >= 0.6 is 0 Å². The maximum atomic E-state index is 12.4. The Hall–Kier alpha value is -1.95. The van der Waals surface area contributed by atoms with Crippen LogP contribution < -0.4 is 11.1 Å². The van der Waals surface area contributed by atoms with Gasteiger partial charge < -0.3 is 11.1 Å². The zero-order valence-corrected chi connectivity index (χ0v) is 11.7. The number of carbonyl (C=O) groups is 1. The molecule has 1 aliphatic rings. The molecule has 3 rings (SSSR count). The summed E-state index contributed by atoms with van der Waals surface area (Å²) in [6.45, 7) is 4.96. The van der Waals surface area contributed by atoms with Crippen LogP contribution in [0.5, 0.6) is 0 Å². The summed E-state index contributed by atoms with van der Waals surface area (Å²) in [5.74, 6) is 0.369. The third-order valence-corrected chi connectivity index (χ3v) is 4.61. The van der Waals surface area contributed by atoms with Crippen molar-refractivity contribution in [3.05, 3.63) is 30.2 Å². The number of hydrogen-bond acceptors (Lipinski definition) is 4. The summed E-state index contributed by atoms with van der Waals surface area (Å²) >= 11 is 0. The van der Waals surface area contributed by atoms with Crippen LogP contribution in [0.25, 0.3) is 5.65 Å². The topological polar surface area (TPSA) is 85.3 Å². The molecule has 0 aliphatic heterocycles. The Kier molecular flexibility index (Phi) is 2.97. The normalized spacial score (nSPS) is 24.4. The van der Waals surface area contributed by atoms with Crippen molar-refractivity contribution in [2.24, 2.45) is 17.1 Å². The number of hydrogen-bond donors (Lipinski definition) is 2. The Morgan fingerprint density at radius 1 is 1.60 bits per heavy atom. The van der Waals surface area contributed by atoms with Gasteiger partial charge in [-0.05, 0) is 36.4 Å². The maximum Gasteiger partial charge on any atom is 0.255 e. The second kappa shape index (κ2) is 4.56. The number of pyridine rings is 1. The van der Waals surface area contributed by atoms with E-state index in [1.54, 1.807) is 22.8 Å². The van der Waals surface area contributed by atoms with Crippen LogP contribution in [0.3, 0.4) is 0 Å². The van der Waals surface area contributed by atoms with Crippen LogP contribution in [0.4, 0.5) is 0 Å². The van der Waals surface area contributed by atoms with Gasteiger partial charge >= 0.3 is 0 Å². The zero-order chi connectivity index (χ0) is 14.3. The van der Waals surface area contributed by atoms with Crippen LogP contribution in [0.2, 0.25) is 0 Å². The Morgan fingerprint density at radius 3 is 3.10 bits per heavy atom. The van der Waals surface area contributed by atoms with Crippen LogP contribution in [0.1, 0.15) is 30.6 Å². The molecule has 6 heteroatoms. The van der Waals surface area contributed by atoms with Crippen molar-refractivity contribution in [2.75, 3.05) is 6.54 Å². The van der Waals surface area contributed by atoms with E-state index in [1.165, 1.54) is 6.33 Å². The van der Waals surface area contributed by atoms with E-state index in [-0.39, 0.29) is 17.4 Å². The van der Waals surface area contributed by atoms with Crippen molar-refractivity contribution in [2.45, 2.75) is 26.3 Å². The first-order valence-corrected chi connectivity index (χ1v) is 6.83. The first-order valence-electron chi connectivity index (χ1n) is 6.83. The van der Waals surface area contributed by atoms with Crippen LogP contribution in [0.15, 0.2) is 24.7 Å². The smallest absolute Gasteiger partial charge is 0.255 e.